The Balaban J connectivity index is 2.41. The molecule has 1 saturated heterocycles. The van der Waals surface area contributed by atoms with E-state index in [2.05, 4.69) is 0 Å². The third kappa shape index (κ3) is 1.77. The van der Waals surface area contributed by atoms with Crippen molar-refractivity contribution in [3.8, 4) is 5.75 Å². The highest BCUT2D eigenvalue weighted by molar-refractivity contribution is 6.24. The first-order valence-electron chi connectivity index (χ1n) is 4.51. The van der Waals surface area contributed by atoms with Gasteiger partial charge in [0, 0.05) is 13.0 Å². The highest BCUT2D eigenvalue weighted by atomic mass is 35.5. The first-order valence-corrected chi connectivity index (χ1v) is 4.95. The summed E-state index contributed by atoms with van der Waals surface area (Å²) in [5.74, 6) is -1.13. The topological polar surface area (TPSA) is 40.5 Å². The number of hydrogen-bond donors (Lipinski definition) is 1. The molecule has 5 heteroatoms. The highest BCUT2D eigenvalue weighted by Crippen LogP contribution is 2.33. The van der Waals surface area contributed by atoms with Crippen LogP contribution in [0.5, 0.6) is 5.75 Å². The van der Waals surface area contributed by atoms with Gasteiger partial charge in [-0.2, -0.15) is 0 Å². The van der Waals surface area contributed by atoms with Gasteiger partial charge in [-0.1, -0.05) is 6.07 Å². The summed E-state index contributed by atoms with van der Waals surface area (Å²) in [5, 5.41) is 9.16. The molecule has 0 radical (unpaired) electrons. The van der Waals surface area contributed by atoms with Crippen LogP contribution in [0, 0.1) is 5.82 Å². The molecule has 2 rings (SSSR count). The number of alkyl halides is 1. The second-order valence-corrected chi connectivity index (χ2v) is 4.03. The summed E-state index contributed by atoms with van der Waals surface area (Å²) in [4.78, 5) is 12.6. The fraction of sp³-hybridized carbons (Fsp3) is 0.300. The molecule has 1 fully saturated rings. The Morgan fingerprint density at radius 2 is 2.27 bits per heavy atom. The van der Waals surface area contributed by atoms with Gasteiger partial charge < -0.3 is 10.0 Å². The van der Waals surface area contributed by atoms with Crippen molar-refractivity contribution in [3.63, 3.8) is 0 Å². The van der Waals surface area contributed by atoms with Crippen LogP contribution in [0.25, 0.3) is 0 Å². The van der Waals surface area contributed by atoms with Gasteiger partial charge in [-0.15, -0.1) is 11.6 Å². The normalized spacial score (nSPS) is 21.1. The number of aromatic hydroxyl groups is 1. The molecule has 0 bridgehead atoms. The number of phenolic OH excluding ortho intramolecular Hbond substituents is 1. The van der Waals surface area contributed by atoms with Crippen LogP contribution in [0.2, 0.25) is 0 Å². The van der Waals surface area contributed by atoms with Gasteiger partial charge in [-0.25, -0.2) is 4.39 Å². The van der Waals surface area contributed by atoms with Gasteiger partial charge in [0.15, 0.2) is 5.82 Å². The van der Waals surface area contributed by atoms with E-state index in [4.69, 9.17) is 11.6 Å². The van der Waals surface area contributed by atoms with Crippen molar-refractivity contribution >= 4 is 23.2 Å². The third-order valence-corrected chi connectivity index (χ3v) is 2.61. The lowest BCUT2D eigenvalue weighted by Crippen LogP contribution is -2.25. The van der Waals surface area contributed by atoms with Crippen molar-refractivity contribution in [1.29, 1.82) is 0 Å². The molecule has 1 amide bonds. The van der Waals surface area contributed by atoms with Crippen LogP contribution in [-0.2, 0) is 4.79 Å². The average molecular weight is 230 g/mol. The number of phenols is 1. The van der Waals surface area contributed by atoms with Crippen LogP contribution in [0.1, 0.15) is 6.42 Å². The third-order valence-electron chi connectivity index (χ3n) is 2.31. The lowest BCUT2D eigenvalue weighted by molar-refractivity contribution is -0.117. The summed E-state index contributed by atoms with van der Waals surface area (Å²) < 4.78 is 13.4. The molecular formula is C10H9ClFNO2. The van der Waals surface area contributed by atoms with Gasteiger partial charge in [-0.05, 0) is 12.1 Å². The van der Waals surface area contributed by atoms with Gasteiger partial charge in [0.25, 0.3) is 0 Å². The molecule has 1 aromatic rings. The van der Waals surface area contributed by atoms with E-state index in [-0.39, 0.29) is 35.7 Å². The molecule has 0 saturated carbocycles. The number of nitrogens with zero attached hydrogens (tertiary/aromatic N) is 1. The molecule has 1 aliphatic heterocycles. The monoisotopic (exact) mass is 229 g/mol. The maximum Gasteiger partial charge on any atom is 0.228 e. The van der Waals surface area contributed by atoms with Crippen molar-refractivity contribution < 1.29 is 14.3 Å². The Kier molecular flexibility index (Phi) is 2.52. The van der Waals surface area contributed by atoms with E-state index in [9.17, 15) is 14.3 Å². The number of rotatable bonds is 1. The maximum atomic E-state index is 13.4. The molecule has 3 nitrogen and oxygen atoms in total. The van der Waals surface area contributed by atoms with Gasteiger partial charge in [0.05, 0.1) is 5.38 Å². The molecule has 1 N–H and O–H groups in total. The lowest BCUT2D eigenvalue weighted by Gasteiger charge is -2.17. The van der Waals surface area contributed by atoms with E-state index in [1.807, 2.05) is 0 Å². The zero-order valence-electron chi connectivity index (χ0n) is 7.78. The van der Waals surface area contributed by atoms with Crippen molar-refractivity contribution in [2.75, 3.05) is 11.4 Å². The Hall–Kier alpha value is -1.29. The summed E-state index contributed by atoms with van der Waals surface area (Å²) in [6.45, 7) is 0.231. The van der Waals surface area contributed by atoms with Crippen molar-refractivity contribution in [1.82, 2.24) is 0 Å². The smallest absolute Gasteiger partial charge is 0.228 e. The van der Waals surface area contributed by atoms with E-state index in [0.717, 1.165) is 0 Å². The summed E-state index contributed by atoms with van der Waals surface area (Å²) in [7, 11) is 0. The van der Waals surface area contributed by atoms with Gasteiger partial charge in [0.1, 0.15) is 11.4 Å². The molecule has 80 valence electrons. The minimum atomic E-state index is -0.617. The molecule has 1 heterocycles. The van der Waals surface area contributed by atoms with Crippen molar-refractivity contribution in [2.45, 2.75) is 11.8 Å². The molecule has 1 aliphatic rings. The quantitative estimate of drug-likeness (QED) is 0.747. The first-order chi connectivity index (χ1) is 7.09. The molecule has 0 aromatic heterocycles. The van der Waals surface area contributed by atoms with Crippen molar-refractivity contribution in [3.05, 3.63) is 24.0 Å². The fourth-order valence-corrected chi connectivity index (χ4v) is 1.92. The predicted octanol–water partition coefficient (Wildman–Crippen LogP) is 1.88. The first kappa shape index (κ1) is 10.2. The van der Waals surface area contributed by atoms with Gasteiger partial charge in [0.2, 0.25) is 5.91 Å². The number of benzene rings is 1. The Morgan fingerprint density at radius 3 is 2.80 bits per heavy atom. The molecule has 15 heavy (non-hydrogen) atoms. The number of anilines is 1. The number of carbonyl (C=O) groups is 1. The van der Waals surface area contributed by atoms with Gasteiger partial charge in [-0.3, -0.25) is 4.79 Å². The van der Waals surface area contributed by atoms with Crippen LogP contribution in [-0.4, -0.2) is 22.9 Å². The SMILES string of the molecule is O=C1CC(Cl)CN1c1c(O)cccc1F. The number of para-hydroxylation sites is 1. The standard InChI is InChI=1S/C10H9ClFNO2/c11-6-4-9(15)13(5-6)10-7(12)2-1-3-8(10)14/h1-3,6,14H,4-5H2. The molecule has 1 unspecified atom stereocenters. The van der Waals surface area contributed by atoms with E-state index >= 15 is 0 Å². The summed E-state index contributed by atoms with van der Waals surface area (Å²) >= 11 is 5.79. The molecule has 0 spiro atoms. The highest BCUT2D eigenvalue weighted by Gasteiger charge is 2.32. The number of carbonyl (C=O) groups excluding carboxylic acids is 1. The largest absolute Gasteiger partial charge is 0.506 e. The predicted molar refractivity (Wildman–Crippen MR) is 54.7 cm³/mol. The molecular weight excluding hydrogens is 221 g/mol. The number of amides is 1. The van der Waals surface area contributed by atoms with E-state index in [1.54, 1.807) is 0 Å². The lowest BCUT2D eigenvalue weighted by atomic mass is 10.2. The minimum Gasteiger partial charge on any atom is -0.506 e. The Morgan fingerprint density at radius 1 is 1.53 bits per heavy atom. The summed E-state index contributed by atoms with van der Waals surface area (Å²) in [6, 6.07) is 3.92. The van der Waals surface area contributed by atoms with E-state index in [0.29, 0.717) is 0 Å². The molecule has 1 atom stereocenters. The average Bonchev–Trinajstić information content (AvgIpc) is 2.45. The van der Waals surface area contributed by atoms with Crippen LogP contribution in [0.3, 0.4) is 0 Å². The fourth-order valence-electron chi connectivity index (χ4n) is 1.65. The zero-order valence-corrected chi connectivity index (χ0v) is 8.54. The van der Waals surface area contributed by atoms with Crippen LogP contribution in [0.4, 0.5) is 10.1 Å². The zero-order chi connectivity index (χ0) is 11.0. The summed E-state index contributed by atoms with van der Waals surface area (Å²) in [6.07, 6.45) is 0.176. The van der Waals surface area contributed by atoms with Crippen molar-refractivity contribution in [2.24, 2.45) is 0 Å². The van der Waals surface area contributed by atoms with Crippen LogP contribution >= 0.6 is 11.6 Å². The molecule has 1 aromatic carbocycles. The van der Waals surface area contributed by atoms with E-state index in [1.165, 1.54) is 23.1 Å². The van der Waals surface area contributed by atoms with Crippen LogP contribution in [0.15, 0.2) is 18.2 Å². The molecule has 0 aliphatic carbocycles. The maximum absolute atomic E-state index is 13.4. The number of halogens is 2. The van der Waals surface area contributed by atoms with Gasteiger partial charge >= 0.3 is 0 Å². The van der Waals surface area contributed by atoms with E-state index < -0.39 is 5.82 Å². The number of hydrogen-bond acceptors (Lipinski definition) is 2. The van der Waals surface area contributed by atoms with Crippen LogP contribution < -0.4 is 4.90 Å². The Bertz CT molecular complexity index is 390. The second-order valence-electron chi connectivity index (χ2n) is 3.41. The minimum absolute atomic E-state index is 0.0781. The summed E-state index contributed by atoms with van der Waals surface area (Å²) in [5.41, 5.74) is -0.0781. The Labute approximate surface area is 91.1 Å². The second kappa shape index (κ2) is 3.70.